The molecule has 9 nitrogen and oxygen atoms in total. The standard InChI is InChI=1S/C24H34N6O3S/c1-17(2)27-24-19-15-29(3)16-26-22(19)14-21(28-24)18-5-6-20(23(13-18)34(4,31)32)25-7-8-30-9-11-33-12-10-30/h5-6,13-14,16-17,25H,7-12,15H2,1-4H3,(H,27,28). The number of sulfone groups is 1. The molecule has 34 heavy (non-hydrogen) atoms. The number of morpholine rings is 1. The van der Waals surface area contributed by atoms with Gasteiger partial charge in [0.2, 0.25) is 0 Å². The Balaban J connectivity index is 1.64. The molecule has 0 unspecified atom stereocenters. The molecule has 2 aliphatic rings. The Bertz CT molecular complexity index is 1160. The molecular formula is C24H34N6O3S. The molecule has 4 rings (SSSR count). The molecule has 10 heteroatoms. The van der Waals surface area contributed by atoms with E-state index in [1.165, 1.54) is 6.26 Å². The van der Waals surface area contributed by atoms with E-state index in [9.17, 15) is 8.42 Å². The highest BCUT2D eigenvalue weighted by Gasteiger charge is 2.20. The Morgan fingerprint density at radius 1 is 1.18 bits per heavy atom. The third-order valence-corrected chi connectivity index (χ3v) is 6.99. The summed E-state index contributed by atoms with van der Waals surface area (Å²) in [5.74, 6) is 0.778. The molecule has 184 valence electrons. The zero-order valence-electron chi connectivity index (χ0n) is 20.3. The first-order chi connectivity index (χ1) is 16.2. The monoisotopic (exact) mass is 486 g/mol. The van der Waals surface area contributed by atoms with Crippen molar-refractivity contribution in [3.63, 3.8) is 0 Å². The molecule has 2 aromatic rings. The molecular weight excluding hydrogens is 452 g/mol. The van der Waals surface area contributed by atoms with E-state index >= 15 is 0 Å². The van der Waals surface area contributed by atoms with E-state index < -0.39 is 9.84 Å². The molecule has 0 amide bonds. The summed E-state index contributed by atoms with van der Waals surface area (Å²) < 4.78 is 30.7. The fourth-order valence-electron chi connectivity index (χ4n) is 4.13. The van der Waals surface area contributed by atoms with Crippen molar-refractivity contribution in [1.82, 2.24) is 14.8 Å². The number of aromatic nitrogens is 1. The minimum atomic E-state index is -3.45. The first-order valence-electron chi connectivity index (χ1n) is 11.6. The van der Waals surface area contributed by atoms with Crippen molar-refractivity contribution in [2.45, 2.75) is 31.3 Å². The Hall–Kier alpha value is -2.69. The Morgan fingerprint density at radius 3 is 2.65 bits per heavy atom. The molecule has 0 radical (unpaired) electrons. The molecule has 2 aliphatic heterocycles. The van der Waals surface area contributed by atoms with Crippen LogP contribution in [0.2, 0.25) is 0 Å². The minimum Gasteiger partial charge on any atom is -0.383 e. The summed E-state index contributed by atoms with van der Waals surface area (Å²) in [5, 5.41) is 6.74. The molecule has 0 saturated carbocycles. The smallest absolute Gasteiger partial charge is 0.177 e. The van der Waals surface area contributed by atoms with Gasteiger partial charge in [-0.05, 0) is 32.0 Å². The van der Waals surface area contributed by atoms with Gasteiger partial charge < -0.3 is 20.3 Å². The zero-order chi connectivity index (χ0) is 24.3. The van der Waals surface area contributed by atoms with Crippen LogP contribution in [0.3, 0.4) is 0 Å². The number of rotatable bonds is 8. The number of ether oxygens (including phenoxy) is 1. The second-order valence-corrected chi connectivity index (χ2v) is 11.2. The lowest BCUT2D eigenvalue weighted by molar-refractivity contribution is 0.0398. The molecule has 2 N–H and O–H groups in total. The summed E-state index contributed by atoms with van der Waals surface area (Å²) in [5.41, 5.74) is 3.92. The minimum absolute atomic E-state index is 0.202. The maximum absolute atomic E-state index is 12.7. The zero-order valence-corrected chi connectivity index (χ0v) is 21.2. The van der Waals surface area contributed by atoms with E-state index in [-0.39, 0.29) is 10.9 Å². The number of nitrogens with one attached hydrogen (secondary N) is 2. The lowest BCUT2D eigenvalue weighted by Gasteiger charge is -2.26. The predicted molar refractivity (Wildman–Crippen MR) is 137 cm³/mol. The van der Waals surface area contributed by atoms with Gasteiger partial charge >= 0.3 is 0 Å². The first kappa shape index (κ1) is 24.4. The van der Waals surface area contributed by atoms with E-state index in [1.54, 1.807) is 12.4 Å². The summed E-state index contributed by atoms with van der Waals surface area (Å²) in [6, 6.07) is 7.58. The topological polar surface area (TPSA) is 99.2 Å². The van der Waals surface area contributed by atoms with Crippen LogP contribution in [0.15, 0.2) is 34.2 Å². The number of anilines is 2. The van der Waals surface area contributed by atoms with Gasteiger partial charge in [0.05, 0.1) is 41.5 Å². The SMILES string of the molecule is CC(C)Nc1nc(-c2ccc(NCCN3CCOCC3)c(S(C)(=O)=O)c2)cc2c1CN(C)C=N2. The van der Waals surface area contributed by atoms with Crippen LogP contribution in [-0.2, 0) is 21.1 Å². The van der Waals surface area contributed by atoms with E-state index in [0.29, 0.717) is 24.5 Å². The van der Waals surface area contributed by atoms with Gasteiger partial charge in [-0.2, -0.15) is 0 Å². The van der Waals surface area contributed by atoms with Crippen molar-refractivity contribution in [3.05, 3.63) is 29.8 Å². The van der Waals surface area contributed by atoms with Crippen LogP contribution in [0.25, 0.3) is 11.3 Å². The van der Waals surface area contributed by atoms with Crippen LogP contribution in [0.1, 0.15) is 19.4 Å². The Morgan fingerprint density at radius 2 is 1.94 bits per heavy atom. The average Bonchev–Trinajstić information content (AvgIpc) is 2.79. The van der Waals surface area contributed by atoms with Gasteiger partial charge in [-0.1, -0.05) is 6.07 Å². The average molecular weight is 487 g/mol. The quantitative estimate of drug-likeness (QED) is 0.588. The summed E-state index contributed by atoms with van der Waals surface area (Å²) in [6.07, 6.45) is 3.04. The number of aliphatic imine (C=N–C) groups is 1. The molecule has 1 saturated heterocycles. The predicted octanol–water partition coefficient (Wildman–Crippen LogP) is 2.82. The molecule has 0 atom stereocenters. The molecule has 1 fully saturated rings. The summed E-state index contributed by atoms with van der Waals surface area (Å²) in [7, 11) is -1.47. The van der Waals surface area contributed by atoms with Gasteiger partial charge in [0, 0.05) is 63.2 Å². The van der Waals surface area contributed by atoms with E-state index in [4.69, 9.17) is 9.72 Å². The number of pyridine rings is 1. The third kappa shape index (κ3) is 5.86. The fraction of sp³-hybridized carbons (Fsp3) is 0.500. The number of benzene rings is 1. The second kappa shape index (κ2) is 10.3. The molecule has 0 aliphatic carbocycles. The van der Waals surface area contributed by atoms with Gasteiger partial charge in [-0.25, -0.2) is 18.4 Å². The lowest BCUT2D eigenvalue weighted by atomic mass is 10.1. The summed E-state index contributed by atoms with van der Waals surface area (Å²) >= 11 is 0. The number of nitrogens with zero attached hydrogens (tertiary/aromatic N) is 4. The molecule has 1 aromatic carbocycles. The summed E-state index contributed by atoms with van der Waals surface area (Å²) in [6.45, 7) is 9.60. The van der Waals surface area contributed by atoms with Crippen LogP contribution in [-0.4, -0.2) is 88.3 Å². The fourth-order valence-corrected chi connectivity index (χ4v) is 5.01. The Labute approximate surface area is 202 Å². The van der Waals surface area contributed by atoms with Crippen LogP contribution >= 0.6 is 0 Å². The van der Waals surface area contributed by atoms with Gasteiger partial charge in [-0.3, -0.25) is 4.90 Å². The molecule has 0 spiro atoms. The second-order valence-electron chi connectivity index (χ2n) is 9.18. The first-order valence-corrected chi connectivity index (χ1v) is 13.5. The van der Waals surface area contributed by atoms with Crippen LogP contribution in [0, 0.1) is 0 Å². The van der Waals surface area contributed by atoms with Crippen molar-refractivity contribution >= 4 is 33.4 Å². The van der Waals surface area contributed by atoms with E-state index in [1.807, 2.05) is 30.1 Å². The van der Waals surface area contributed by atoms with Gasteiger partial charge in [0.15, 0.2) is 9.84 Å². The van der Waals surface area contributed by atoms with Crippen LogP contribution in [0.5, 0.6) is 0 Å². The number of fused-ring (bicyclic) bond motifs is 1. The van der Waals surface area contributed by atoms with Crippen molar-refractivity contribution < 1.29 is 13.2 Å². The van der Waals surface area contributed by atoms with Crippen molar-refractivity contribution in [2.75, 3.05) is 63.3 Å². The molecule has 3 heterocycles. The third-order valence-electron chi connectivity index (χ3n) is 5.85. The van der Waals surface area contributed by atoms with Crippen LogP contribution in [0.4, 0.5) is 17.2 Å². The maximum atomic E-state index is 12.7. The molecule has 0 bridgehead atoms. The largest absolute Gasteiger partial charge is 0.383 e. The maximum Gasteiger partial charge on any atom is 0.177 e. The van der Waals surface area contributed by atoms with E-state index in [0.717, 1.165) is 55.5 Å². The number of hydrogen-bond donors (Lipinski definition) is 2. The van der Waals surface area contributed by atoms with Crippen molar-refractivity contribution in [3.8, 4) is 11.3 Å². The molecule has 1 aromatic heterocycles. The highest BCUT2D eigenvalue weighted by atomic mass is 32.2. The summed E-state index contributed by atoms with van der Waals surface area (Å²) in [4.78, 5) is 14.0. The normalized spacial score (nSPS) is 16.6. The lowest BCUT2D eigenvalue weighted by Crippen LogP contribution is -2.39. The van der Waals surface area contributed by atoms with Gasteiger partial charge in [-0.15, -0.1) is 0 Å². The Kier molecular flexibility index (Phi) is 7.39. The van der Waals surface area contributed by atoms with Crippen LogP contribution < -0.4 is 10.6 Å². The number of hydrogen-bond acceptors (Lipinski definition) is 9. The highest BCUT2D eigenvalue weighted by molar-refractivity contribution is 7.90. The van der Waals surface area contributed by atoms with Gasteiger partial charge in [0.1, 0.15) is 5.82 Å². The van der Waals surface area contributed by atoms with Crippen molar-refractivity contribution in [1.29, 1.82) is 0 Å². The van der Waals surface area contributed by atoms with Gasteiger partial charge in [0.25, 0.3) is 0 Å². The van der Waals surface area contributed by atoms with E-state index in [2.05, 4.69) is 34.4 Å². The van der Waals surface area contributed by atoms with Crippen molar-refractivity contribution in [2.24, 2.45) is 4.99 Å². The highest BCUT2D eigenvalue weighted by Crippen LogP contribution is 2.35.